The molecule has 0 radical (unpaired) electrons. The lowest BCUT2D eigenvalue weighted by atomic mass is 9.99. The third kappa shape index (κ3) is 3.89. The molecule has 5 heteroatoms. The van der Waals surface area contributed by atoms with Gasteiger partial charge in [-0.2, -0.15) is 4.98 Å². The van der Waals surface area contributed by atoms with Crippen LogP contribution in [0.5, 0.6) is 0 Å². The monoisotopic (exact) mass is 286 g/mol. The molecule has 3 rings (SSSR count). The number of hydrogen-bond acceptors (Lipinski definition) is 5. The van der Waals surface area contributed by atoms with Gasteiger partial charge in [-0.15, -0.1) is 0 Å². The average molecular weight is 286 g/mol. The molecule has 1 saturated heterocycles. The Morgan fingerprint density at radius 2 is 2.19 bits per heavy atom. The molecule has 1 aromatic heterocycles. The van der Waals surface area contributed by atoms with Crippen LogP contribution in [-0.4, -0.2) is 41.7 Å². The van der Waals surface area contributed by atoms with Crippen LogP contribution in [0.15, 0.2) is 34.9 Å². The molecule has 1 unspecified atom stereocenters. The first kappa shape index (κ1) is 14.2. The van der Waals surface area contributed by atoms with Gasteiger partial charge < -0.3 is 9.84 Å². The second kappa shape index (κ2) is 6.83. The van der Waals surface area contributed by atoms with Crippen LogP contribution in [0.1, 0.15) is 18.7 Å². The topological polar surface area (TPSA) is 54.2 Å². The number of piperidine rings is 1. The van der Waals surface area contributed by atoms with Gasteiger partial charge in [0.1, 0.15) is 0 Å². The van der Waals surface area contributed by atoms with E-state index in [-0.39, 0.29) is 0 Å². The Hall–Kier alpha value is -1.72. The van der Waals surface area contributed by atoms with E-state index < -0.39 is 0 Å². The van der Waals surface area contributed by atoms with Crippen molar-refractivity contribution in [2.75, 3.05) is 26.7 Å². The van der Waals surface area contributed by atoms with E-state index in [0.29, 0.717) is 18.3 Å². The number of rotatable bonds is 5. The molecule has 1 aromatic carbocycles. The van der Waals surface area contributed by atoms with Gasteiger partial charge in [0.2, 0.25) is 11.7 Å². The predicted molar refractivity (Wildman–Crippen MR) is 81.7 cm³/mol. The van der Waals surface area contributed by atoms with Crippen LogP contribution in [-0.2, 0) is 6.54 Å². The highest BCUT2D eigenvalue weighted by molar-refractivity contribution is 5.53. The van der Waals surface area contributed by atoms with Crippen molar-refractivity contribution in [1.29, 1.82) is 0 Å². The van der Waals surface area contributed by atoms with Crippen molar-refractivity contribution in [3.63, 3.8) is 0 Å². The maximum Gasteiger partial charge on any atom is 0.241 e. The molecule has 2 aromatic rings. The highest BCUT2D eigenvalue weighted by Crippen LogP contribution is 2.16. The summed E-state index contributed by atoms with van der Waals surface area (Å²) in [5.41, 5.74) is 0.992. The van der Waals surface area contributed by atoms with E-state index in [2.05, 4.69) is 27.4 Å². The highest BCUT2D eigenvalue weighted by Gasteiger charge is 2.17. The zero-order chi connectivity index (χ0) is 14.5. The van der Waals surface area contributed by atoms with Gasteiger partial charge in [-0.25, -0.2) is 0 Å². The van der Waals surface area contributed by atoms with Gasteiger partial charge in [0.05, 0.1) is 6.54 Å². The summed E-state index contributed by atoms with van der Waals surface area (Å²) in [4.78, 5) is 6.74. The van der Waals surface area contributed by atoms with Crippen LogP contribution in [0.2, 0.25) is 0 Å². The summed E-state index contributed by atoms with van der Waals surface area (Å²) >= 11 is 0. The number of hydrogen-bond donors (Lipinski definition) is 1. The molecular weight excluding hydrogens is 264 g/mol. The van der Waals surface area contributed by atoms with E-state index in [9.17, 15) is 0 Å². The third-order valence-corrected chi connectivity index (χ3v) is 3.87. The maximum absolute atomic E-state index is 5.36. The molecule has 1 N–H and O–H groups in total. The van der Waals surface area contributed by atoms with E-state index in [1.165, 1.54) is 12.8 Å². The van der Waals surface area contributed by atoms with Crippen LogP contribution < -0.4 is 5.32 Å². The Kier molecular flexibility index (Phi) is 4.62. The van der Waals surface area contributed by atoms with Crippen LogP contribution in [0.4, 0.5) is 0 Å². The Labute approximate surface area is 125 Å². The molecule has 0 aliphatic carbocycles. The van der Waals surface area contributed by atoms with E-state index >= 15 is 0 Å². The van der Waals surface area contributed by atoms with Gasteiger partial charge in [-0.05, 0) is 38.9 Å². The smallest absolute Gasteiger partial charge is 0.241 e. The van der Waals surface area contributed by atoms with Crippen molar-refractivity contribution in [3.8, 4) is 11.4 Å². The molecule has 1 atom stereocenters. The summed E-state index contributed by atoms with van der Waals surface area (Å²) in [6.07, 6.45) is 2.58. The van der Waals surface area contributed by atoms with E-state index in [1.807, 2.05) is 30.3 Å². The quantitative estimate of drug-likeness (QED) is 0.913. The number of nitrogens with one attached hydrogen (secondary N) is 1. The SMILES string of the molecule is CN(Cc1nc(-c2ccccc2)no1)CC1CCCNC1. The fraction of sp³-hybridized carbons (Fsp3) is 0.500. The average Bonchev–Trinajstić information content (AvgIpc) is 2.97. The summed E-state index contributed by atoms with van der Waals surface area (Å²) in [6, 6.07) is 9.93. The molecule has 1 aliphatic heterocycles. The summed E-state index contributed by atoms with van der Waals surface area (Å²) in [5.74, 6) is 2.07. The van der Waals surface area contributed by atoms with Crippen molar-refractivity contribution in [3.05, 3.63) is 36.2 Å². The second-order valence-electron chi connectivity index (χ2n) is 5.79. The largest absolute Gasteiger partial charge is 0.338 e. The first-order chi connectivity index (χ1) is 10.3. The molecule has 5 nitrogen and oxygen atoms in total. The van der Waals surface area contributed by atoms with Gasteiger partial charge in [-0.1, -0.05) is 35.5 Å². The van der Waals surface area contributed by atoms with Gasteiger partial charge in [0.15, 0.2) is 0 Å². The molecule has 0 bridgehead atoms. The van der Waals surface area contributed by atoms with Crippen LogP contribution in [0.25, 0.3) is 11.4 Å². The third-order valence-electron chi connectivity index (χ3n) is 3.87. The summed E-state index contributed by atoms with van der Waals surface area (Å²) < 4.78 is 5.36. The van der Waals surface area contributed by atoms with Crippen molar-refractivity contribution in [2.45, 2.75) is 19.4 Å². The summed E-state index contributed by atoms with van der Waals surface area (Å²) in [6.45, 7) is 4.04. The number of benzene rings is 1. The van der Waals surface area contributed by atoms with E-state index in [1.54, 1.807) is 0 Å². The number of aromatic nitrogens is 2. The minimum Gasteiger partial charge on any atom is -0.338 e. The number of nitrogens with zero attached hydrogens (tertiary/aromatic N) is 3. The van der Waals surface area contributed by atoms with Crippen LogP contribution in [0.3, 0.4) is 0 Å². The van der Waals surface area contributed by atoms with E-state index in [4.69, 9.17) is 4.52 Å². The predicted octanol–water partition coefficient (Wildman–Crippen LogP) is 2.17. The zero-order valence-electron chi connectivity index (χ0n) is 12.5. The fourth-order valence-corrected chi connectivity index (χ4v) is 2.84. The van der Waals surface area contributed by atoms with Gasteiger partial charge >= 0.3 is 0 Å². The zero-order valence-corrected chi connectivity index (χ0v) is 12.5. The van der Waals surface area contributed by atoms with Crippen molar-refractivity contribution < 1.29 is 4.52 Å². The van der Waals surface area contributed by atoms with E-state index in [0.717, 1.165) is 31.1 Å². The molecule has 1 aliphatic rings. The molecule has 0 amide bonds. The van der Waals surface area contributed by atoms with Gasteiger partial charge in [0, 0.05) is 12.1 Å². The molecule has 112 valence electrons. The highest BCUT2D eigenvalue weighted by atomic mass is 16.5. The molecule has 2 heterocycles. The normalized spacial score (nSPS) is 19.0. The van der Waals surface area contributed by atoms with Crippen molar-refractivity contribution in [1.82, 2.24) is 20.4 Å². The minimum absolute atomic E-state index is 0.665. The van der Waals surface area contributed by atoms with Gasteiger partial charge in [0.25, 0.3) is 0 Å². The van der Waals surface area contributed by atoms with Crippen LogP contribution in [0, 0.1) is 5.92 Å². The maximum atomic E-state index is 5.36. The Bertz CT molecular complexity index is 548. The molecule has 0 spiro atoms. The minimum atomic E-state index is 0.665. The molecule has 0 saturated carbocycles. The Morgan fingerprint density at radius 1 is 1.33 bits per heavy atom. The lowest BCUT2D eigenvalue weighted by Gasteiger charge is -2.26. The second-order valence-corrected chi connectivity index (χ2v) is 5.79. The summed E-state index contributed by atoms with van der Waals surface area (Å²) in [5, 5.41) is 7.51. The first-order valence-corrected chi connectivity index (χ1v) is 7.58. The lowest BCUT2D eigenvalue weighted by molar-refractivity contribution is 0.213. The molecule has 1 fully saturated rings. The molecular formula is C16H22N4O. The van der Waals surface area contributed by atoms with Crippen molar-refractivity contribution >= 4 is 0 Å². The summed E-state index contributed by atoms with van der Waals surface area (Å²) in [7, 11) is 2.11. The van der Waals surface area contributed by atoms with Crippen molar-refractivity contribution in [2.24, 2.45) is 5.92 Å². The first-order valence-electron chi connectivity index (χ1n) is 7.58. The lowest BCUT2D eigenvalue weighted by Crippen LogP contribution is -2.36. The molecule has 21 heavy (non-hydrogen) atoms. The Balaban J connectivity index is 1.56. The van der Waals surface area contributed by atoms with Crippen LogP contribution >= 0.6 is 0 Å². The standard InChI is InChI=1S/C16H22N4O/c1-20(11-13-6-5-9-17-10-13)12-15-18-16(19-21-15)14-7-3-2-4-8-14/h2-4,7-8,13,17H,5-6,9-12H2,1H3. The van der Waals surface area contributed by atoms with Gasteiger partial charge in [-0.3, -0.25) is 4.90 Å². The fourth-order valence-electron chi connectivity index (χ4n) is 2.84. The Morgan fingerprint density at radius 3 is 2.95 bits per heavy atom.